The number of carbonyl (C=O) groups is 1. The highest BCUT2D eigenvalue weighted by molar-refractivity contribution is 6.42. The SMILES string of the molecule is COc1nc(-c2ccnc(Cl)c2Cl)cnc1C=O. The van der Waals surface area contributed by atoms with Gasteiger partial charge in [-0.2, -0.15) is 0 Å². The van der Waals surface area contributed by atoms with Gasteiger partial charge in [-0.05, 0) is 6.07 Å². The predicted molar refractivity (Wildman–Crippen MR) is 67.2 cm³/mol. The summed E-state index contributed by atoms with van der Waals surface area (Å²) < 4.78 is 4.97. The van der Waals surface area contributed by atoms with Crippen molar-refractivity contribution in [1.82, 2.24) is 15.0 Å². The molecule has 92 valence electrons. The fraction of sp³-hybridized carbons (Fsp3) is 0.0909. The van der Waals surface area contributed by atoms with E-state index in [1.54, 1.807) is 6.07 Å². The first-order valence-electron chi connectivity index (χ1n) is 4.84. The maximum atomic E-state index is 10.7. The first-order valence-corrected chi connectivity index (χ1v) is 5.59. The minimum Gasteiger partial charge on any atom is -0.479 e. The third-order valence-electron chi connectivity index (χ3n) is 2.19. The highest BCUT2D eigenvalue weighted by atomic mass is 35.5. The molecule has 0 aliphatic heterocycles. The van der Waals surface area contributed by atoms with Gasteiger partial charge in [0.1, 0.15) is 5.15 Å². The van der Waals surface area contributed by atoms with Gasteiger partial charge in [0.05, 0.1) is 24.0 Å². The summed E-state index contributed by atoms with van der Waals surface area (Å²) in [7, 11) is 1.40. The van der Waals surface area contributed by atoms with Crippen molar-refractivity contribution in [2.45, 2.75) is 0 Å². The molecule has 0 saturated heterocycles. The number of hydrogen-bond donors (Lipinski definition) is 0. The minimum absolute atomic E-state index is 0.123. The largest absolute Gasteiger partial charge is 0.479 e. The number of carbonyl (C=O) groups excluding carboxylic acids is 1. The fourth-order valence-corrected chi connectivity index (χ4v) is 1.73. The van der Waals surface area contributed by atoms with Gasteiger partial charge < -0.3 is 4.74 Å². The van der Waals surface area contributed by atoms with Gasteiger partial charge in [-0.15, -0.1) is 0 Å². The molecule has 0 aliphatic carbocycles. The monoisotopic (exact) mass is 283 g/mol. The second kappa shape index (κ2) is 5.29. The molecule has 2 aromatic rings. The van der Waals surface area contributed by atoms with Gasteiger partial charge >= 0.3 is 0 Å². The Hall–Kier alpha value is -1.72. The van der Waals surface area contributed by atoms with Gasteiger partial charge in [0.2, 0.25) is 5.88 Å². The Morgan fingerprint density at radius 3 is 2.78 bits per heavy atom. The molecule has 0 spiro atoms. The second-order valence-corrected chi connectivity index (χ2v) is 3.97. The molecule has 7 heteroatoms. The van der Waals surface area contributed by atoms with Crippen LogP contribution in [-0.2, 0) is 0 Å². The molecule has 0 bridgehead atoms. The van der Waals surface area contributed by atoms with E-state index in [2.05, 4.69) is 15.0 Å². The summed E-state index contributed by atoms with van der Waals surface area (Å²) >= 11 is 11.8. The van der Waals surface area contributed by atoms with E-state index in [-0.39, 0.29) is 21.7 Å². The van der Waals surface area contributed by atoms with Crippen molar-refractivity contribution < 1.29 is 9.53 Å². The number of ether oxygens (including phenoxy) is 1. The molecule has 0 saturated carbocycles. The van der Waals surface area contributed by atoms with Crippen LogP contribution < -0.4 is 4.74 Å². The number of nitrogens with zero attached hydrogens (tertiary/aromatic N) is 3. The normalized spacial score (nSPS) is 10.2. The fourth-order valence-electron chi connectivity index (χ4n) is 1.36. The van der Waals surface area contributed by atoms with Crippen molar-refractivity contribution in [2.24, 2.45) is 0 Å². The van der Waals surface area contributed by atoms with E-state index in [1.165, 1.54) is 19.5 Å². The predicted octanol–water partition coefficient (Wildman–Crippen LogP) is 2.67. The van der Waals surface area contributed by atoms with E-state index in [1.807, 2.05) is 0 Å². The van der Waals surface area contributed by atoms with E-state index in [4.69, 9.17) is 27.9 Å². The van der Waals surface area contributed by atoms with E-state index >= 15 is 0 Å². The van der Waals surface area contributed by atoms with Gasteiger partial charge in [-0.1, -0.05) is 23.2 Å². The summed E-state index contributed by atoms with van der Waals surface area (Å²) in [6.45, 7) is 0. The van der Waals surface area contributed by atoms with Crippen molar-refractivity contribution in [3.8, 4) is 17.1 Å². The summed E-state index contributed by atoms with van der Waals surface area (Å²) in [5.41, 5.74) is 1.14. The standard InChI is InChI=1S/C11H7Cl2N3O2/c1-18-11-8(5-17)15-4-7(16-11)6-2-3-14-10(13)9(6)12/h2-5H,1H3. The van der Waals surface area contributed by atoms with Gasteiger partial charge in [0.25, 0.3) is 0 Å². The number of aldehydes is 1. The van der Waals surface area contributed by atoms with Crippen LogP contribution in [0.3, 0.4) is 0 Å². The molecule has 0 amide bonds. The number of hydrogen-bond acceptors (Lipinski definition) is 5. The van der Waals surface area contributed by atoms with Gasteiger partial charge in [-0.3, -0.25) is 4.79 Å². The van der Waals surface area contributed by atoms with Crippen molar-refractivity contribution in [3.63, 3.8) is 0 Å². The summed E-state index contributed by atoms with van der Waals surface area (Å²) in [6.07, 6.45) is 3.49. The summed E-state index contributed by atoms with van der Waals surface area (Å²) in [5.74, 6) is 0.131. The molecular weight excluding hydrogens is 277 g/mol. The smallest absolute Gasteiger partial charge is 0.243 e. The van der Waals surface area contributed by atoms with Crippen LogP contribution in [0.4, 0.5) is 0 Å². The Kier molecular flexibility index (Phi) is 3.74. The quantitative estimate of drug-likeness (QED) is 0.640. The lowest BCUT2D eigenvalue weighted by Crippen LogP contribution is -1.99. The molecule has 0 unspecified atom stereocenters. The molecule has 0 radical (unpaired) electrons. The summed E-state index contributed by atoms with van der Waals surface area (Å²) in [4.78, 5) is 22.6. The van der Waals surface area contributed by atoms with Crippen LogP contribution in [0.5, 0.6) is 5.88 Å². The van der Waals surface area contributed by atoms with Gasteiger partial charge in [-0.25, -0.2) is 15.0 Å². The third-order valence-corrected chi connectivity index (χ3v) is 2.96. The van der Waals surface area contributed by atoms with Crippen molar-refractivity contribution >= 4 is 29.5 Å². The zero-order chi connectivity index (χ0) is 13.1. The average Bonchev–Trinajstić information content (AvgIpc) is 2.41. The van der Waals surface area contributed by atoms with E-state index in [9.17, 15) is 4.79 Å². The van der Waals surface area contributed by atoms with Crippen LogP contribution in [0.15, 0.2) is 18.5 Å². The molecule has 2 rings (SSSR count). The Labute approximate surface area is 113 Å². The number of pyridine rings is 1. The molecule has 2 heterocycles. The van der Waals surface area contributed by atoms with E-state index in [0.29, 0.717) is 17.5 Å². The lowest BCUT2D eigenvalue weighted by molar-refractivity contribution is 0.111. The van der Waals surface area contributed by atoms with E-state index < -0.39 is 0 Å². The molecule has 0 atom stereocenters. The minimum atomic E-state index is 0.123. The molecule has 0 N–H and O–H groups in total. The first-order chi connectivity index (χ1) is 8.67. The lowest BCUT2D eigenvalue weighted by Gasteiger charge is -2.07. The molecule has 0 aliphatic rings. The van der Waals surface area contributed by atoms with Crippen LogP contribution in [0.25, 0.3) is 11.3 Å². The van der Waals surface area contributed by atoms with Crippen molar-refractivity contribution in [1.29, 1.82) is 0 Å². The topological polar surface area (TPSA) is 65.0 Å². The number of aromatic nitrogens is 3. The molecule has 0 fully saturated rings. The maximum Gasteiger partial charge on any atom is 0.243 e. The zero-order valence-electron chi connectivity index (χ0n) is 9.22. The number of methoxy groups -OCH3 is 1. The van der Waals surface area contributed by atoms with Crippen LogP contribution in [0.1, 0.15) is 10.5 Å². The number of halogens is 2. The highest BCUT2D eigenvalue weighted by Crippen LogP contribution is 2.31. The Morgan fingerprint density at radius 1 is 1.33 bits per heavy atom. The zero-order valence-corrected chi connectivity index (χ0v) is 10.7. The van der Waals surface area contributed by atoms with Crippen molar-refractivity contribution in [3.05, 3.63) is 34.3 Å². The Morgan fingerprint density at radius 2 is 2.11 bits per heavy atom. The molecular formula is C11H7Cl2N3O2. The van der Waals surface area contributed by atoms with Crippen molar-refractivity contribution in [2.75, 3.05) is 7.11 Å². The highest BCUT2D eigenvalue weighted by Gasteiger charge is 2.13. The molecule has 2 aromatic heterocycles. The second-order valence-electron chi connectivity index (χ2n) is 3.23. The molecule has 5 nitrogen and oxygen atoms in total. The maximum absolute atomic E-state index is 10.7. The van der Waals surface area contributed by atoms with Crippen LogP contribution in [0.2, 0.25) is 10.2 Å². The Balaban J connectivity index is 2.58. The third kappa shape index (κ3) is 2.27. The summed E-state index contributed by atoms with van der Waals surface area (Å²) in [6, 6.07) is 1.65. The Bertz CT molecular complexity index is 605. The van der Waals surface area contributed by atoms with Crippen LogP contribution in [-0.4, -0.2) is 28.3 Å². The lowest BCUT2D eigenvalue weighted by atomic mass is 10.2. The van der Waals surface area contributed by atoms with Crippen LogP contribution >= 0.6 is 23.2 Å². The summed E-state index contributed by atoms with van der Waals surface area (Å²) in [5, 5.41) is 0.448. The van der Waals surface area contributed by atoms with Gasteiger partial charge in [0, 0.05) is 11.8 Å². The van der Waals surface area contributed by atoms with Crippen LogP contribution in [0, 0.1) is 0 Å². The average molecular weight is 284 g/mol. The molecule has 0 aromatic carbocycles. The first kappa shape index (κ1) is 12.7. The number of rotatable bonds is 3. The van der Waals surface area contributed by atoms with E-state index in [0.717, 1.165) is 0 Å². The molecule has 18 heavy (non-hydrogen) atoms. The van der Waals surface area contributed by atoms with Gasteiger partial charge in [0.15, 0.2) is 12.0 Å².